The summed E-state index contributed by atoms with van der Waals surface area (Å²) in [5.74, 6) is -8.37. The summed E-state index contributed by atoms with van der Waals surface area (Å²) in [6.45, 7) is 14.9. The van der Waals surface area contributed by atoms with Crippen molar-refractivity contribution in [3.8, 4) is 0 Å². The first-order valence-electron chi connectivity index (χ1n) is 27.4. The predicted octanol–water partition coefficient (Wildman–Crippen LogP) is 8.70. The molecule has 73 heavy (non-hydrogen) atoms. The highest BCUT2D eigenvalue weighted by molar-refractivity contribution is 6.39. The topological polar surface area (TPSA) is 201 Å². The lowest BCUT2D eigenvalue weighted by atomic mass is 9.78. The number of amides is 1. The molecule has 3 fully saturated rings. The number of hydrogen-bond acceptors (Lipinski definition) is 14. The lowest BCUT2D eigenvalue weighted by Crippen LogP contribution is -2.61. The predicted molar refractivity (Wildman–Crippen MR) is 278 cm³/mol. The maximum atomic E-state index is 14.6. The zero-order chi connectivity index (χ0) is 54.0. The van der Waals surface area contributed by atoms with Crippen LogP contribution in [0.15, 0.2) is 47.6 Å². The minimum atomic E-state index is -2.44. The summed E-state index contributed by atoms with van der Waals surface area (Å²) in [5.41, 5.74) is 1.26. The number of carbonyl (C=O) groups is 6. The number of methoxy groups -OCH3 is 3. The SMILES string of the molecule is CCCCCCC(=O)O[C@@H]1CC[C@@H](C[C@@H](C)[C@@H]2CC(=O)[C@H](C)/C=C(\C)[C@@H](O)[C@@H](OC)C(=O)[C@H](C)C[C@H](C)/C=C/C=C/C=C(\C)[C@@H](OC)C[C@@H]3CC[C@@H](C)[C@@](O)(O3)C(=O)C(=O)N3CCCC[C@H]3C(=O)O2)C[C@H]1OC. The smallest absolute Gasteiger partial charge is 0.329 e. The van der Waals surface area contributed by atoms with Crippen molar-refractivity contribution in [2.75, 3.05) is 27.9 Å². The van der Waals surface area contributed by atoms with E-state index < -0.39 is 77.8 Å². The van der Waals surface area contributed by atoms with Crippen molar-refractivity contribution >= 4 is 35.2 Å². The number of nitrogens with zero attached hydrogens (tertiary/aromatic N) is 1. The van der Waals surface area contributed by atoms with Gasteiger partial charge in [-0.3, -0.25) is 24.0 Å². The van der Waals surface area contributed by atoms with E-state index in [9.17, 15) is 39.0 Å². The molecule has 0 radical (unpaired) electrons. The normalized spacial score (nSPS) is 37.2. The fourth-order valence-corrected chi connectivity index (χ4v) is 11.2. The Kier molecular flexibility index (Phi) is 25.4. The summed E-state index contributed by atoms with van der Waals surface area (Å²) in [4.78, 5) is 85.3. The molecule has 0 aromatic carbocycles. The molecule has 0 aromatic heterocycles. The number of Topliss-reactive ketones (excluding diaryl/α,β-unsaturated/α-hetero) is 3. The van der Waals surface area contributed by atoms with Gasteiger partial charge in [0.2, 0.25) is 5.79 Å². The molecule has 2 bridgehead atoms. The molecule has 1 aliphatic carbocycles. The first kappa shape index (κ1) is 61.7. The third kappa shape index (κ3) is 17.6. The van der Waals surface area contributed by atoms with E-state index in [-0.39, 0.29) is 66.9 Å². The molecular weight excluding hydrogens is 935 g/mol. The third-order valence-corrected chi connectivity index (χ3v) is 16.0. The van der Waals surface area contributed by atoms with Gasteiger partial charge in [-0.25, -0.2) is 4.79 Å². The molecule has 15 heteroatoms. The van der Waals surface area contributed by atoms with Gasteiger partial charge in [0.25, 0.3) is 11.7 Å². The van der Waals surface area contributed by atoms with Gasteiger partial charge in [-0.1, -0.05) is 97.3 Å². The average Bonchev–Trinajstić information content (AvgIpc) is 3.37. The van der Waals surface area contributed by atoms with Crippen molar-refractivity contribution < 1.29 is 67.4 Å². The zero-order valence-corrected chi connectivity index (χ0v) is 46.0. The van der Waals surface area contributed by atoms with E-state index in [1.165, 1.54) is 12.0 Å². The van der Waals surface area contributed by atoms with Crippen LogP contribution < -0.4 is 0 Å². The van der Waals surface area contributed by atoms with Gasteiger partial charge in [-0.15, -0.1) is 0 Å². The number of aliphatic hydroxyl groups is 2. The summed E-state index contributed by atoms with van der Waals surface area (Å²) in [7, 11) is 4.56. The molecule has 4 rings (SSSR count). The minimum absolute atomic E-state index is 0.00997. The number of piperidine rings is 1. The Morgan fingerprint density at radius 3 is 2.27 bits per heavy atom. The van der Waals surface area contributed by atoms with Crippen molar-refractivity contribution in [1.82, 2.24) is 4.90 Å². The van der Waals surface area contributed by atoms with Crippen LogP contribution in [0.4, 0.5) is 0 Å². The van der Waals surface area contributed by atoms with Gasteiger partial charge in [0.05, 0.1) is 18.3 Å². The van der Waals surface area contributed by atoms with Crippen molar-refractivity contribution in [2.45, 2.75) is 219 Å². The zero-order valence-electron chi connectivity index (χ0n) is 46.0. The molecule has 0 unspecified atom stereocenters. The van der Waals surface area contributed by atoms with Gasteiger partial charge >= 0.3 is 11.9 Å². The van der Waals surface area contributed by atoms with Crippen molar-refractivity contribution in [2.24, 2.45) is 35.5 Å². The van der Waals surface area contributed by atoms with E-state index in [2.05, 4.69) is 6.92 Å². The Hall–Kier alpha value is -3.86. The molecule has 412 valence electrons. The number of ether oxygens (including phenoxy) is 6. The van der Waals surface area contributed by atoms with Crippen LogP contribution >= 0.6 is 0 Å². The van der Waals surface area contributed by atoms with Crippen LogP contribution in [0.3, 0.4) is 0 Å². The molecule has 1 amide bonds. The number of esters is 2. The monoisotopic (exact) mass is 1030 g/mol. The standard InChI is InChI=1S/C58H91NO14/c1-12-13-14-18-24-51(61)71-47-28-26-43(33-50(47)69-10)32-39(5)49-35-46(60)38(4)31-41(7)53(63)54(70-11)52(62)40(6)30-36(2)21-16-15-17-22-37(3)48(68-9)34-44-27-25-42(8)58(67,73-44)55(64)56(65)59-29-20-19-23-45(59)57(66)72-49/h15-17,21-22,31,36,38-40,42-45,47-50,53-54,63,67H,12-14,18-20,23-30,32-35H2,1-11H3/b17-15+,21-16+,37-22+,41-31+/t36-,38-,39-,40-,42-,43+,44+,45+,47-,48+,49+,50-,53-,54+,58-/m1/s1. The summed E-state index contributed by atoms with van der Waals surface area (Å²) in [6, 6.07) is -1.16. The van der Waals surface area contributed by atoms with Crippen LogP contribution in [0.2, 0.25) is 0 Å². The summed E-state index contributed by atoms with van der Waals surface area (Å²) < 4.78 is 35.8. The summed E-state index contributed by atoms with van der Waals surface area (Å²) in [6.07, 6.45) is 15.5. The van der Waals surface area contributed by atoms with E-state index in [0.717, 1.165) is 31.3 Å². The average molecular weight is 1030 g/mol. The lowest BCUT2D eigenvalue weighted by molar-refractivity contribution is -0.265. The maximum Gasteiger partial charge on any atom is 0.329 e. The molecule has 0 spiro atoms. The molecule has 2 N–H and O–H groups in total. The fraction of sp³-hybridized carbons (Fsp3) is 0.759. The lowest BCUT2D eigenvalue weighted by Gasteiger charge is -2.42. The number of ketones is 3. The van der Waals surface area contributed by atoms with Crippen LogP contribution in [0.25, 0.3) is 0 Å². The Morgan fingerprint density at radius 2 is 1.59 bits per heavy atom. The van der Waals surface area contributed by atoms with Crippen LogP contribution in [-0.4, -0.2) is 133 Å². The largest absolute Gasteiger partial charge is 0.460 e. The van der Waals surface area contributed by atoms with E-state index >= 15 is 0 Å². The quantitative estimate of drug-likeness (QED) is 0.0814. The van der Waals surface area contributed by atoms with E-state index in [4.69, 9.17) is 28.4 Å². The number of carbonyl (C=O) groups excluding carboxylic acids is 6. The highest BCUT2D eigenvalue weighted by Gasteiger charge is 2.53. The van der Waals surface area contributed by atoms with E-state index in [0.29, 0.717) is 76.2 Å². The highest BCUT2D eigenvalue weighted by atomic mass is 16.6. The Bertz CT molecular complexity index is 1960. The van der Waals surface area contributed by atoms with E-state index in [1.807, 2.05) is 58.1 Å². The number of aliphatic hydroxyl groups excluding tert-OH is 1. The van der Waals surface area contributed by atoms with Crippen LogP contribution in [-0.2, 0) is 57.2 Å². The maximum absolute atomic E-state index is 14.6. The number of unbranched alkanes of at least 4 members (excludes halogenated alkanes) is 3. The van der Waals surface area contributed by atoms with Crippen molar-refractivity contribution in [3.05, 3.63) is 47.6 Å². The van der Waals surface area contributed by atoms with Gasteiger partial charge in [0.15, 0.2) is 5.78 Å². The first-order chi connectivity index (χ1) is 34.7. The number of hydrogen-bond donors (Lipinski definition) is 2. The second-order valence-corrected chi connectivity index (χ2v) is 21.9. The number of rotatable bonds is 12. The Morgan fingerprint density at radius 1 is 0.849 bits per heavy atom. The van der Waals surface area contributed by atoms with Crippen LogP contribution in [0, 0.1) is 35.5 Å². The van der Waals surface area contributed by atoms with Crippen molar-refractivity contribution in [1.29, 1.82) is 0 Å². The third-order valence-electron chi connectivity index (χ3n) is 16.0. The Labute approximate surface area is 436 Å². The van der Waals surface area contributed by atoms with Gasteiger partial charge in [-0.2, -0.15) is 0 Å². The highest BCUT2D eigenvalue weighted by Crippen LogP contribution is 2.38. The van der Waals surface area contributed by atoms with Gasteiger partial charge < -0.3 is 43.5 Å². The molecule has 1 saturated carbocycles. The number of cyclic esters (lactones) is 1. The molecule has 4 aliphatic rings. The molecule has 3 aliphatic heterocycles. The van der Waals surface area contributed by atoms with Gasteiger partial charge in [0, 0.05) is 64.9 Å². The molecule has 0 aromatic rings. The number of fused-ring (bicyclic) bond motifs is 3. The summed E-state index contributed by atoms with van der Waals surface area (Å²) >= 11 is 0. The molecule has 15 atom stereocenters. The first-order valence-corrected chi connectivity index (χ1v) is 27.4. The molecule has 15 nitrogen and oxygen atoms in total. The molecule has 3 heterocycles. The fourth-order valence-electron chi connectivity index (χ4n) is 11.2. The van der Waals surface area contributed by atoms with Crippen LogP contribution in [0.1, 0.15) is 165 Å². The van der Waals surface area contributed by atoms with E-state index in [1.54, 1.807) is 41.1 Å². The molecular formula is C58H91NO14. The van der Waals surface area contributed by atoms with Crippen LogP contribution in [0.5, 0.6) is 0 Å². The van der Waals surface area contributed by atoms with Gasteiger partial charge in [-0.05, 0) is 113 Å². The molecule has 2 saturated heterocycles. The van der Waals surface area contributed by atoms with Crippen molar-refractivity contribution in [3.63, 3.8) is 0 Å². The van der Waals surface area contributed by atoms with Gasteiger partial charge in [0.1, 0.15) is 36.2 Å². The number of allylic oxidation sites excluding steroid dienone is 6. The second-order valence-electron chi connectivity index (χ2n) is 21.9. The minimum Gasteiger partial charge on any atom is -0.460 e. The summed E-state index contributed by atoms with van der Waals surface area (Å²) in [5, 5.41) is 23.5. The second kappa shape index (κ2) is 30.0. The Balaban J connectivity index is 1.67.